The Morgan fingerprint density at radius 3 is 2.08 bits per heavy atom. The van der Waals surface area contributed by atoms with E-state index in [1.807, 2.05) is 97.9 Å². The number of aliphatic hydroxyl groups excluding tert-OH is 1. The number of halogens is 3. The molecule has 72 heavy (non-hydrogen) atoms. The van der Waals surface area contributed by atoms with Gasteiger partial charge in [-0.3, -0.25) is 14.6 Å². The van der Waals surface area contributed by atoms with Crippen LogP contribution in [0.3, 0.4) is 0 Å². The quantitative estimate of drug-likeness (QED) is 0.0818. The van der Waals surface area contributed by atoms with E-state index in [9.17, 15) is 28.6 Å². The number of hydrogen-bond acceptors (Lipinski definition) is 9. The van der Waals surface area contributed by atoms with E-state index in [-0.39, 0.29) is 64.1 Å². The molecule has 0 aliphatic heterocycles. The minimum Gasteiger partial charge on any atom is -0.508 e. The lowest BCUT2D eigenvalue weighted by Gasteiger charge is -2.25. The molecule has 2 N–H and O–H groups in total. The first kappa shape index (κ1) is 50.3. The summed E-state index contributed by atoms with van der Waals surface area (Å²) in [5, 5.41) is 20.6. The molecule has 2 heterocycles. The number of thioether (sulfide) groups is 2. The number of benzene rings is 6. The molecule has 1 aliphatic rings. The Morgan fingerprint density at radius 1 is 0.750 bits per heavy atom. The first-order valence-corrected chi connectivity index (χ1v) is 26.2. The van der Waals surface area contributed by atoms with Crippen LogP contribution in [-0.4, -0.2) is 53.8 Å². The number of hydrogen-bond donors (Lipinski definition) is 2. The number of phenols is 1. The molecular weight excluding hydrogens is 966 g/mol. The number of aryl methyl sites for hydroxylation is 1. The Kier molecular flexibility index (Phi) is 16.3. The highest BCUT2D eigenvalue weighted by Gasteiger charge is 2.44. The van der Waals surface area contributed by atoms with Crippen molar-refractivity contribution in [2.24, 2.45) is 0 Å². The molecule has 8 aromatic rings. The SMILES string of the molecule is C[C@H](c1ccc(O)cc1)[C@@H](SC[C@H](O)c1ccc(F)cc1)C(=O)Cc1ccc(-c2ccnc(Oc3ccc([C@@H]4C(SCCc5ccc(F)cc5)C(=O)CC4c4ccc(-c5ccncc5Cl)cc4)cc3)c2)cc1. The summed E-state index contributed by atoms with van der Waals surface area (Å²) in [6.45, 7) is 1.97. The van der Waals surface area contributed by atoms with Crippen LogP contribution in [0.25, 0.3) is 22.3 Å². The van der Waals surface area contributed by atoms with Crippen LogP contribution in [-0.2, 0) is 22.4 Å². The van der Waals surface area contributed by atoms with E-state index in [2.05, 4.69) is 22.1 Å². The van der Waals surface area contributed by atoms with Gasteiger partial charge in [0.05, 0.1) is 21.6 Å². The Balaban J connectivity index is 0.882. The molecule has 0 bridgehead atoms. The minimum absolute atomic E-state index is 0.00203. The molecule has 364 valence electrons. The maximum atomic E-state index is 14.1. The van der Waals surface area contributed by atoms with Crippen LogP contribution >= 0.6 is 35.1 Å². The van der Waals surface area contributed by atoms with E-state index < -0.39 is 11.4 Å². The monoisotopic (exact) mass is 1020 g/mol. The number of Topliss-reactive ketones (excluding diaryl/α,β-unsaturated/α-hetero) is 2. The van der Waals surface area contributed by atoms with Gasteiger partial charge in [0, 0.05) is 54.7 Å². The summed E-state index contributed by atoms with van der Waals surface area (Å²) >= 11 is 9.51. The lowest BCUT2D eigenvalue weighted by atomic mass is 9.83. The predicted molar refractivity (Wildman–Crippen MR) is 285 cm³/mol. The number of aromatic hydroxyl groups is 1. The predicted octanol–water partition coefficient (Wildman–Crippen LogP) is 14.2. The molecule has 2 aromatic heterocycles. The van der Waals surface area contributed by atoms with E-state index in [1.165, 1.54) is 36.0 Å². The summed E-state index contributed by atoms with van der Waals surface area (Å²) in [4.78, 5) is 36.6. The van der Waals surface area contributed by atoms with Crippen molar-refractivity contribution < 1.29 is 33.3 Å². The number of rotatable bonds is 19. The standard InChI is InChI=1S/C60H51ClF2N2O5S2/c1-37(40-14-22-49(66)23-15-40)59(72-36-56(69)44-12-20-48(63)21-13-44)54(67)32-39-2-6-41(7-3-39)46-26-30-65-57(33-46)70-50-24-16-45(17-25-50)58-52(43-10-8-42(9-11-43)51-27-29-64-35-53(51)61)34-55(68)60(58)71-31-28-38-4-18-47(62)19-5-38/h2-27,29-30,33,35,37,52,56,58-60,66,69H,28,31-32,34,36H2,1H3/t37-,52?,56+,58+,59-,60?/m1/s1. The second-order valence-corrected chi connectivity index (χ2v) is 20.9. The van der Waals surface area contributed by atoms with E-state index >= 15 is 0 Å². The van der Waals surface area contributed by atoms with Gasteiger partial charge in [0.2, 0.25) is 5.88 Å². The molecule has 12 heteroatoms. The zero-order valence-electron chi connectivity index (χ0n) is 39.3. The van der Waals surface area contributed by atoms with Gasteiger partial charge in [0.1, 0.15) is 28.9 Å². The van der Waals surface area contributed by atoms with E-state index in [4.69, 9.17) is 16.3 Å². The van der Waals surface area contributed by atoms with E-state index in [1.54, 1.807) is 66.8 Å². The number of carbonyl (C=O) groups excluding carboxylic acids is 2. The van der Waals surface area contributed by atoms with Gasteiger partial charge >= 0.3 is 0 Å². The summed E-state index contributed by atoms with van der Waals surface area (Å²) in [7, 11) is 0. The summed E-state index contributed by atoms with van der Waals surface area (Å²) in [6, 6.07) is 48.7. The highest BCUT2D eigenvalue weighted by atomic mass is 35.5. The van der Waals surface area contributed by atoms with Gasteiger partial charge in [0.25, 0.3) is 0 Å². The first-order valence-electron chi connectivity index (χ1n) is 23.7. The number of ketones is 2. The molecule has 2 unspecified atom stereocenters. The van der Waals surface area contributed by atoms with Gasteiger partial charge < -0.3 is 14.9 Å². The highest BCUT2D eigenvalue weighted by Crippen LogP contribution is 2.50. The van der Waals surface area contributed by atoms with Crippen LogP contribution in [0.4, 0.5) is 8.78 Å². The number of aromatic nitrogens is 2. The van der Waals surface area contributed by atoms with Crippen molar-refractivity contribution in [2.75, 3.05) is 11.5 Å². The number of phenolic OH excluding ortho intramolecular Hbond substituents is 1. The zero-order valence-corrected chi connectivity index (χ0v) is 41.7. The van der Waals surface area contributed by atoms with Crippen molar-refractivity contribution in [3.05, 3.63) is 232 Å². The summed E-state index contributed by atoms with van der Waals surface area (Å²) in [5.74, 6) is 1.25. The Bertz CT molecular complexity index is 3110. The minimum atomic E-state index is -0.888. The third-order valence-electron chi connectivity index (χ3n) is 13.3. The maximum absolute atomic E-state index is 14.1. The summed E-state index contributed by atoms with van der Waals surface area (Å²) in [6.07, 6.45) is 5.45. The Labute approximate surface area is 431 Å². The Hall–Kier alpha value is -6.63. The molecule has 1 aliphatic carbocycles. The Morgan fingerprint density at radius 2 is 1.39 bits per heavy atom. The molecule has 0 spiro atoms. The second-order valence-electron chi connectivity index (χ2n) is 18.0. The van der Waals surface area contributed by atoms with Gasteiger partial charge in [-0.15, -0.1) is 23.5 Å². The van der Waals surface area contributed by atoms with E-state index in [0.29, 0.717) is 40.8 Å². The molecule has 0 amide bonds. The van der Waals surface area contributed by atoms with Crippen molar-refractivity contribution >= 4 is 46.7 Å². The highest BCUT2D eigenvalue weighted by molar-refractivity contribution is 8.00. The number of ether oxygens (including phenoxy) is 1. The molecule has 9 rings (SSSR count). The molecule has 7 nitrogen and oxygen atoms in total. The number of carbonyl (C=O) groups is 2. The van der Waals surface area contributed by atoms with Gasteiger partial charge in [-0.25, -0.2) is 13.8 Å². The second kappa shape index (κ2) is 23.3. The van der Waals surface area contributed by atoms with Gasteiger partial charge in [-0.1, -0.05) is 116 Å². The van der Waals surface area contributed by atoms with E-state index in [0.717, 1.165) is 50.1 Å². The van der Waals surface area contributed by atoms with Crippen molar-refractivity contribution in [1.82, 2.24) is 9.97 Å². The maximum Gasteiger partial charge on any atom is 0.219 e. The van der Waals surface area contributed by atoms with Crippen molar-refractivity contribution in [3.8, 4) is 39.6 Å². The topological polar surface area (TPSA) is 110 Å². The number of pyridine rings is 2. The zero-order chi connectivity index (χ0) is 50.1. The lowest BCUT2D eigenvalue weighted by molar-refractivity contribution is -0.118. The third-order valence-corrected chi connectivity index (χ3v) is 16.5. The van der Waals surface area contributed by atoms with Crippen LogP contribution < -0.4 is 4.74 Å². The lowest BCUT2D eigenvalue weighted by Crippen LogP contribution is -2.26. The first-order chi connectivity index (χ1) is 34.9. The van der Waals surface area contributed by atoms with Crippen LogP contribution in [0.1, 0.15) is 70.6 Å². The average Bonchev–Trinajstić information content (AvgIpc) is 3.73. The van der Waals surface area contributed by atoms with Crippen LogP contribution in [0.15, 0.2) is 182 Å². The summed E-state index contributed by atoms with van der Waals surface area (Å²) in [5.41, 5.74) is 9.08. The van der Waals surface area contributed by atoms with Gasteiger partial charge in [-0.2, -0.15) is 0 Å². The molecule has 0 radical (unpaired) electrons. The van der Waals surface area contributed by atoms with Gasteiger partial charge in [0.15, 0.2) is 5.78 Å². The smallest absolute Gasteiger partial charge is 0.219 e. The largest absolute Gasteiger partial charge is 0.508 e. The fourth-order valence-electron chi connectivity index (χ4n) is 9.36. The molecule has 1 saturated carbocycles. The van der Waals surface area contributed by atoms with Crippen LogP contribution in [0.5, 0.6) is 17.4 Å². The van der Waals surface area contributed by atoms with Crippen LogP contribution in [0, 0.1) is 11.6 Å². The molecule has 0 saturated heterocycles. The van der Waals surface area contributed by atoms with Gasteiger partial charge in [-0.05, 0) is 135 Å². The average molecular weight is 1020 g/mol. The van der Waals surface area contributed by atoms with Crippen molar-refractivity contribution in [2.45, 2.75) is 60.5 Å². The molecule has 6 aromatic carbocycles. The third kappa shape index (κ3) is 12.3. The van der Waals surface area contributed by atoms with Crippen molar-refractivity contribution in [3.63, 3.8) is 0 Å². The van der Waals surface area contributed by atoms with Crippen molar-refractivity contribution in [1.29, 1.82) is 0 Å². The number of aliphatic hydroxyl groups is 1. The van der Waals surface area contributed by atoms with Crippen LogP contribution in [0.2, 0.25) is 5.02 Å². The molecule has 1 fully saturated rings. The fraction of sp³-hybridized carbons (Fsp3) is 0.200. The number of nitrogens with zero attached hydrogens (tertiary/aromatic N) is 2. The summed E-state index contributed by atoms with van der Waals surface area (Å²) < 4.78 is 33.5. The molecular formula is C60H51ClF2N2O5S2. The fourth-order valence-corrected chi connectivity index (χ4v) is 12.3. The normalized spacial score (nSPS) is 16.8. The molecule has 6 atom stereocenters.